The number of nitrogens with zero attached hydrogens (tertiary/aromatic N) is 5. The molecular formula is C27H29N5O3. The van der Waals surface area contributed by atoms with Gasteiger partial charge in [0.15, 0.2) is 11.3 Å². The van der Waals surface area contributed by atoms with E-state index in [1.165, 1.54) is 0 Å². The maximum atomic E-state index is 12.8. The molecule has 1 fully saturated rings. The van der Waals surface area contributed by atoms with Gasteiger partial charge in [0.05, 0.1) is 36.6 Å². The maximum absolute atomic E-state index is 12.8. The molecule has 0 N–H and O–H groups in total. The van der Waals surface area contributed by atoms with Crippen LogP contribution in [0.1, 0.15) is 42.9 Å². The lowest BCUT2D eigenvalue weighted by molar-refractivity contribution is 0.0520. The number of anilines is 1. The highest BCUT2D eigenvalue weighted by atomic mass is 16.5. The quantitative estimate of drug-likeness (QED) is 0.380. The number of aromatic nitrogens is 4. The van der Waals surface area contributed by atoms with Crippen LogP contribution < -0.4 is 4.90 Å². The first kappa shape index (κ1) is 23.0. The van der Waals surface area contributed by atoms with Crippen molar-refractivity contribution in [1.29, 1.82) is 0 Å². The van der Waals surface area contributed by atoms with Crippen LogP contribution in [0.5, 0.6) is 0 Å². The molecule has 4 aromatic rings. The topological polar surface area (TPSA) is 82.4 Å². The Kier molecular flexibility index (Phi) is 6.46. The van der Waals surface area contributed by atoms with Crippen molar-refractivity contribution in [3.8, 4) is 16.8 Å². The predicted molar refractivity (Wildman–Crippen MR) is 135 cm³/mol. The Hall–Kier alpha value is -3.78. The van der Waals surface area contributed by atoms with E-state index in [0.717, 1.165) is 46.8 Å². The minimum atomic E-state index is -0.458. The first-order valence-electron chi connectivity index (χ1n) is 12.0. The molecule has 0 amide bonds. The van der Waals surface area contributed by atoms with E-state index in [9.17, 15) is 4.79 Å². The molecule has 1 saturated heterocycles. The third-order valence-corrected chi connectivity index (χ3v) is 6.09. The molecule has 0 spiro atoms. The summed E-state index contributed by atoms with van der Waals surface area (Å²) in [6.45, 7) is 9.33. The second-order valence-electron chi connectivity index (χ2n) is 8.77. The van der Waals surface area contributed by atoms with Gasteiger partial charge in [-0.25, -0.2) is 19.4 Å². The van der Waals surface area contributed by atoms with E-state index in [1.54, 1.807) is 13.0 Å². The van der Waals surface area contributed by atoms with E-state index in [4.69, 9.17) is 24.5 Å². The Morgan fingerprint density at radius 2 is 1.89 bits per heavy atom. The molecule has 0 saturated carbocycles. The van der Waals surface area contributed by atoms with E-state index in [-0.39, 0.29) is 18.2 Å². The Morgan fingerprint density at radius 3 is 2.54 bits per heavy atom. The first-order chi connectivity index (χ1) is 17.1. The van der Waals surface area contributed by atoms with E-state index in [1.807, 2.05) is 53.3 Å². The number of hydrogen-bond acceptors (Lipinski definition) is 7. The van der Waals surface area contributed by atoms with Crippen molar-refractivity contribution in [3.63, 3.8) is 0 Å². The highest BCUT2D eigenvalue weighted by Gasteiger charge is 2.24. The Morgan fingerprint density at radius 1 is 1.11 bits per heavy atom. The number of ether oxygens (including phenoxy) is 2. The summed E-state index contributed by atoms with van der Waals surface area (Å²) in [5.74, 6) is 0.606. The third-order valence-electron chi connectivity index (χ3n) is 6.09. The molecule has 0 atom stereocenters. The van der Waals surface area contributed by atoms with Crippen molar-refractivity contribution in [2.45, 2.75) is 26.7 Å². The molecular weight excluding hydrogens is 442 g/mol. The van der Waals surface area contributed by atoms with Crippen molar-refractivity contribution in [1.82, 2.24) is 19.7 Å². The molecule has 3 aromatic heterocycles. The summed E-state index contributed by atoms with van der Waals surface area (Å²) >= 11 is 0. The normalized spacial score (nSPS) is 14.0. The largest absolute Gasteiger partial charge is 0.461 e. The lowest BCUT2D eigenvalue weighted by Crippen LogP contribution is -2.36. The van der Waals surface area contributed by atoms with Gasteiger partial charge in [-0.15, -0.1) is 0 Å². The summed E-state index contributed by atoms with van der Waals surface area (Å²) in [6.07, 6.45) is 1.86. The molecule has 8 heteroatoms. The van der Waals surface area contributed by atoms with E-state index in [0.29, 0.717) is 18.9 Å². The first-order valence-corrected chi connectivity index (χ1v) is 12.0. The zero-order valence-electron chi connectivity index (χ0n) is 20.3. The molecule has 35 heavy (non-hydrogen) atoms. The number of benzene rings is 1. The van der Waals surface area contributed by atoms with E-state index < -0.39 is 5.97 Å². The van der Waals surface area contributed by atoms with Gasteiger partial charge < -0.3 is 14.4 Å². The predicted octanol–water partition coefficient (Wildman–Crippen LogP) is 4.62. The summed E-state index contributed by atoms with van der Waals surface area (Å²) in [4.78, 5) is 24.5. The average molecular weight is 472 g/mol. The van der Waals surface area contributed by atoms with Crippen LogP contribution in [0.3, 0.4) is 0 Å². The zero-order valence-corrected chi connectivity index (χ0v) is 20.3. The zero-order chi connectivity index (χ0) is 24.4. The number of carbonyl (C=O) groups excluding carboxylic acids is 1. The Labute approximate surface area is 204 Å². The summed E-state index contributed by atoms with van der Waals surface area (Å²) in [5.41, 5.74) is 4.43. The van der Waals surface area contributed by atoms with Gasteiger partial charge in [-0.05, 0) is 48.7 Å². The van der Waals surface area contributed by atoms with E-state index in [2.05, 4.69) is 18.7 Å². The van der Waals surface area contributed by atoms with Gasteiger partial charge in [0.1, 0.15) is 5.82 Å². The highest BCUT2D eigenvalue weighted by molar-refractivity contribution is 6.00. The SMILES string of the molecule is CCOC(=O)c1cc(-c2ccc(N3CCOCC3)nc2)c2c(C(C)C)nn(-c3ccccc3)c2n1. The van der Waals surface area contributed by atoms with Crippen LogP contribution >= 0.6 is 0 Å². The molecule has 0 bridgehead atoms. The number of pyridine rings is 2. The molecule has 8 nitrogen and oxygen atoms in total. The van der Waals surface area contributed by atoms with Gasteiger partial charge in [0, 0.05) is 24.8 Å². The second-order valence-corrected chi connectivity index (χ2v) is 8.77. The van der Waals surface area contributed by atoms with Crippen LogP contribution in [0.4, 0.5) is 5.82 Å². The van der Waals surface area contributed by atoms with Crippen molar-refractivity contribution in [2.24, 2.45) is 0 Å². The van der Waals surface area contributed by atoms with Gasteiger partial charge in [-0.2, -0.15) is 5.10 Å². The van der Waals surface area contributed by atoms with Crippen molar-refractivity contribution < 1.29 is 14.3 Å². The van der Waals surface area contributed by atoms with Crippen molar-refractivity contribution in [3.05, 3.63) is 66.1 Å². The van der Waals surface area contributed by atoms with Gasteiger partial charge >= 0.3 is 5.97 Å². The number of para-hydroxylation sites is 1. The molecule has 0 aliphatic carbocycles. The minimum absolute atomic E-state index is 0.150. The lowest BCUT2D eigenvalue weighted by atomic mass is 9.98. The van der Waals surface area contributed by atoms with Crippen LogP contribution in [0.2, 0.25) is 0 Å². The molecule has 180 valence electrons. The lowest BCUT2D eigenvalue weighted by Gasteiger charge is -2.27. The van der Waals surface area contributed by atoms with Crippen LogP contribution in [0, 0.1) is 0 Å². The molecule has 0 radical (unpaired) electrons. The summed E-state index contributed by atoms with van der Waals surface area (Å²) in [6, 6.07) is 15.7. The molecule has 1 aliphatic heterocycles. The van der Waals surface area contributed by atoms with Gasteiger partial charge in [0.25, 0.3) is 0 Å². The average Bonchev–Trinajstić information content (AvgIpc) is 3.29. The van der Waals surface area contributed by atoms with Gasteiger partial charge in [-0.1, -0.05) is 32.0 Å². The fourth-order valence-electron chi connectivity index (χ4n) is 4.36. The van der Waals surface area contributed by atoms with E-state index >= 15 is 0 Å². The van der Waals surface area contributed by atoms with Gasteiger partial charge in [0.2, 0.25) is 0 Å². The standard InChI is InChI=1S/C27H29N5O3/c1-4-35-27(33)22-16-21(19-10-11-23(28-17-19)31-12-14-34-15-13-31)24-25(18(2)3)30-32(26(24)29-22)20-8-6-5-7-9-20/h5-11,16-18H,4,12-15H2,1-3H3. The highest BCUT2D eigenvalue weighted by Crippen LogP contribution is 2.35. The molecule has 4 heterocycles. The molecule has 0 unspecified atom stereocenters. The monoisotopic (exact) mass is 471 g/mol. The molecule has 5 rings (SSSR count). The number of hydrogen-bond donors (Lipinski definition) is 0. The molecule has 1 aliphatic rings. The summed E-state index contributed by atoms with van der Waals surface area (Å²) in [5, 5.41) is 5.86. The van der Waals surface area contributed by atoms with Crippen LogP contribution in [-0.4, -0.2) is 58.6 Å². The number of morpholine rings is 1. The summed E-state index contributed by atoms with van der Waals surface area (Å²) in [7, 11) is 0. The summed E-state index contributed by atoms with van der Waals surface area (Å²) < 4.78 is 12.6. The number of carbonyl (C=O) groups is 1. The fraction of sp³-hybridized carbons (Fsp3) is 0.333. The fourth-order valence-corrected chi connectivity index (χ4v) is 4.36. The Bertz CT molecular complexity index is 1330. The van der Waals surface area contributed by atoms with Crippen LogP contribution in [0.25, 0.3) is 27.8 Å². The number of fused-ring (bicyclic) bond motifs is 1. The van der Waals surface area contributed by atoms with Crippen molar-refractivity contribution in [2.75, 3.05) is 37.8 Å². The van der Waals surface area contributed by atoms with Crippen molar-refractivity contribution >= 4 is 22.8 Å². The third kappa shape index (κ3) is 4.49. The minimum Gasteiger partial charge on any atom is -0.461 e. The maximum Gasteiger partial charge on any atom is 0.357 e. The van der Waals surface area contributed by atoms with Gasteiger partial charge in [-0.3, -0.25) is 0 Å². The number of esters is 1. The second kappa shape index (κ2) is 9.84. The van der Waals surface area contributed by atoms with Crippen LogP contribution in [0.15, 0.2) is 54.7 Å². The Balaban J connectivity index is 1.71. The molecule has 1 aromatic carbocycles. The number of rotatable bonds is 6. The van der Waals surface area contributed by atoms with Crippen LogP contribution in [-0.2, 0) is 9.47 Å². The smallest absolute Gasteiger partial charge is 0.357 e.